The van der Waals surface area contributed by atoms with Crippen LogP contribution >= 0.6 is 0 Å². The highest BCUT2D eigenvalue weighted by atomic mass is 15.0. The number of hydrogen-bond acceptors (Lipinski definition) is 2. The van der Waals surface area contributed by atoms with E-state index in [1.165, 1.54) is 5.56 Å². The molecule has 7 rings (SSSR count). The van der Waals surface area contributed by atoms with Gasteiger partial charge in [0, 0.05) is 32.9 Å². The molecule has 2 aromatic heterocycles. The topological polar surface area (TPSA) is 57.4 Å². The molecule has 0 radical (unpaired) electrons. The zero-order valence-electron chi connectivity index (χ0n) is 20.1. The molecule has 5 aromatic carbocycles. The first-order valence-electron chi connectivity index (χ1n) is 12.2. The molecule has 0 saturated heterocycles. The summed E-state index contributed by atoms with van der Waals surface area (Å²) in [6, 6.07) is 39.7. The molecular formula is C33H20N4. The molecule has 0 spiro atoms. The largest absolute Gasteiger partial charge is 0.309 e. The molecule has 0 aliphatic carbocycles. The van der Waals surface area contributed by atoms with Gasteiger partial charge in [-0.2, -0.15) is 10.5 Å². The van der Waals surface area contributed by atoms with Gasteiger partial charge in [-0.05, 0) is 79.7 Å². The van der Waals surface area contributed by atoms with Gasteiger partial charge < -0.3 is 9.13 Å². The SMILES string of the molecule is Cc1ccc2c(c1)c1cc(C#N)ccc1n2-c1cccc(-n2c3ccccc3c3cc(C#N)ccc32)c1. The zero-order valence-corrected chi connectivity index (χ0v) is 20.1. The Morgan fingerprint density at radius 3 is 1.62 bits per heavy atom. The summed E-state index contributed by atoms with van der Waals surface area (Å²) in [6.45, 7) is 2.09. The van der Waals surface area contributed by atoms with Crippen molar-refractivity contribution in [2.75, 3.05) is 0 Å². The molecular weight excluding hydrogens is 452 g/mol. The maximum Gasteiger partial charge on any atom is 0.0991 e. The van der Waals surface area contributed by atoms with E-state index in [1.807, 2.05) is 42.5 Å². The number of aryl methyl sites for hydroxylation is 1. The van der Waals surface area contributed by atoms with Gasteiger partial charge in [0.15, 0.2) is 0 Å². The molecule has 172 valence electrons. The Kier molecular flexibility index (Phi) is 4.46. The molecule has 0 aliphatic rings. The van der Waals surface area contributed by atoms with Crippen LogP contribution in [0.25, 0.3) is 55.0 Å². The number of para-hydroxylation sites is 1. The summed E-state index contributed by atoms with van der Waals surface area (Å²) in [5.41, 5.74) is 8.92. The number of benzene rings is 5. The second-order valence-corrected chi connectivity index (χ2v) is 9.42. The zero-order chi connectivity index (χ0) is 25.1. The van der Waals surface area contributed by atoms with Crippen LogP contribution in [0.3, 0.4) is 0 Å². The molecule has 0 saturated carbocycles. The molecule has 0 atom stereocenters. The second-order valence-electron chi connectivity index (χ2n) is 9.42. The van der Waals surface area contributed by atoms with Gasteiger partial charge in [-0.25, -0.2) is 0 Å². The Bertz CT molecular complexity index is 2130. The highest BCUT2D eigenvalue weighted by Crippen LogP contribution is 2.36. The van der Waals surface area contributed by atoms with Crippen molar-refractivity contribution in [3.8, 4) is 23.5 Å². The minimum atomic E-state index is 0.654. The van der Waals surface area contributed by atoms with Crippen molar-refractivity contribution < 1.29 is 0 Å². The van der Waals surface area contributed by atoms with Gasteiger partial charge in [-0.3, -0.25) is 0 Å². The fourth-order valence-corrected chi connectivity index (χ4v) is 5.58. The van der Waals surface area contributed by atoms with Gasteiger partial charge in [0.05, 0.1) is 45.3 Å². The standard InChI is InChI=1S/C33H20N4/c1-21-9-12-31-27(15-21)29-17-23(20-35)11-14-33(29)37(31)25-6-4-5-24(18-25)36-30-8-3-2-7-26(30)28-16-22(19-34)10-13-32(28)36/h2-18H,1H3. The summed E-state index contributed by atoms with van der Waals surface area (Å²) >= 11 is 0. The summed E-state index contributed by atoms with van der Waals surface area (Å²) in [7, 11) is 0. The van der Waals surface area contributed by atoms with E-state index in [1.54, 1.807) is 0 Å². The maximum atomic E-state index is 9.52. The van der Waals surface area contributed by atoms with E-state index in [0.29, 0.717) is 11.1 Å². The quantitative estimate of drug-likeness (QED) is 0.256. The Morgan fingerprint density at radius 1 is 0.486 bits per heavy atom. The van der Waals surface area contributed by atoms with Crippen molar-refractivity contribution in [1.29, 1.82) is 10.5 Å². The van der Waals surface area contributed by atoms with E-state index in [4.69, 9.17) is 0 Å². The summed E-state index contributed by atoms with van der Waals surface area (Å²) in [5, 5.41) is 23.4. The number of aromatic nitrogens is 2. The van der Waals surface area contributed by atoms with E-state index in [2.05, 4.69) is 88.9 Å². The van der Waals surface area contributed by atoms with E-state index in [9.17, 15) is 10.5 Å². The third kappa shape index (κ3) is 3.07. The highest BCUT2D eigenvalue weighted by molar-refractivity contribution is 6.11. The van der Waals surface area contributed by atoms with Crippen LogP contribution in [-0.2, 0) is 0 Å². The Balaban J connectivity index is 1.53. The van der Waals surface area contributed by atoms with Gasteiger partial charge in [0.1, 0.15) is 0 Å². The molecule has 4 heteroatoms. The Labute approximate surface area is 213 Å². The number of nitriles is 2. The molecule has 0 bridgehead atoms. The van der Waals surface area contributed by atoms with Gasteiger partial charge in [0.25, 0.3) is 0 Å². The van der Waals surface area contributed by atoms with Crippen molar-refractivity contribution in [3.63, 3.8) is 0 Å². The first kappa shape index (κ1) is 21.0. The summed E-state index contributed by atoms with van der Waals surface area (Å²) in [4.78, 5) is 0. The lowest BCUT2D eigenvalue weighted by molar-refractivity contribution is 1.13. The Morgan fingerprint density at radius 2 is 1.00 bits per heavy atom. The summed E-state index contributed by atoms with van der Waals surface area (Å²) < 4.78 is 4.54. The number of nitrogens with zero attached hydrogens (tertiary/aromatic N) is 4. The highest BCUT2D eigenvalue weighted by Gasteiger charge is 2.16. The fourth-order valence-electron chi connectivity index (χ4n) is 5.58. The van der Waals surface area contributed by atoms with Crippen LogP contribution in [0.5, 0.6) is 0 Å². The molecule has 0 N–H and O–H groups in total. The minimum Gasteiger partial charge on any atom is -0.309 e. The summed E-state index contributed by atoms with van der Waals surface area (Å²) in [6.07, 6.45) is 0. The van der Waals surface area contributed by atoms with Crippen molar-refractivity contribution in [1.82, 2.24) is 9.13 Å². The van der Waals surface area contributed by atoms with Crippen molar-refractivity contribution in [2.45, 2.75) is 6.92 Å². The number of rotatable bonds is 2. The molecule has 7 aromatic rings. The van der Waals surface area contributed by atoms with E-state index >= 15 is 0 Å². The third-order valence-electron chi connectivity index (χ3n) is 7.20. The van der Waals surface area contributed by atoms with Crippen molar-refractivity contribution in [2.24, 2.45) is 0 Å². The smallest absolute Gasteiger partial charge is 0.0991 e. The van der Waals surface area contributed by atoms with Crippen LogP contribution < -0.4 is 0 Å². The molecule has 2 heterocycles. The first-order chi connectivity index (χ1) is 18.2. The van der Waals surface area contributed by atoms with Crippen molar-refractivity contribution in [3.05, 3.63) is 120 Å². The van der Waals surface area contributed by atoms with Crippen LogP contribution in [0.2, 0.25) is 0 Å². The van der Waals surface area contributed by atoms with Crippen LogP contribution in [0.15, 0.2) is 103 Å². The van der Waals surface area contributed by atoms with Gasteiger partial charge in [-0.1, -0.05) is 35.9 Å². The molecule has 0 fully saturated rings. The fraction of sp³-hybridized carbons (Fsp3) is 0.0303. The average Bonchev–Trinajstić information content (AvgIpc) is 3.44. The van der Waals surface area contributed by atoms with Crippen LogP contribution in [0.1, 0.15) is 16.7 Å². The molecule has 37 heavy (non-hydrogen) atoms. The van der Waals surface area contributed by atoms with E-state index in [-0.39, 0.29) is 0 Å². The first-order valence-corrected chi connectivity index (χ1v) is 12.2. The van der Waals surface area contributed by atoms with Crippen LogP contribution in [-0.4, -0.2) is 9.13 Å². The number of fused-ring (bicyclic) bond motifs is 6. The average molecular weight is 473 g/mol. The molecule has 0 unspecified atom stereocenters. The molecule has 0 aliphatic heterocycles. The van der Waals surface area contributed by atoms with Crippen molar-refractivity contribution >= 4 is 43.6 Å². The lowest BCUT2D eigenvalue weighted by Gasteiger charge is -2.13. The maximum absolute atomic E-state index is 9.52. The molecule has 0 amide bonds. The molecule has 4 nitrogen and oxygen atoms in total. The second kappa shape index (κ2) is 7.85. The van der Waals surface area contributed by atoms with Crippen LogP contribution in [0, 0.1) is 29.6 Å². The number of hydrogen-bond donors (Lipinski definition) is 0. The predicted octanol–water partition coefficient (Wildman–Crippen LogP) is 7.93. The van der Waals surface area contributed by atoms with E-state index < -0.39 is 0 Å². The summed E-state index contributed by atoms with van der Waals surface area (Å²) in [5.74, 6) is 0. The monoisotopic (exact) mass is 472 g/mol. The van der Waals surface area contributed by atoms with Gasteiger partial charge >= 0.3 is 0 Å². The normalized spacial score (nSPS) is 11.3. The van der Waals surface area contributed by atoms with Gasteiger partial charge in [0.2, 0.25) is 0 Å². The minimum absolute atomic E-state index is 0.654. The lowest BCUT2D eigenvalue weighted by atomic mass is 10.1. The predicted molar refractivity (Wildman–Crippen MR) is 149 cm³/mol. The third-order valence-corrected chi connectivity index (χ3v) is 7.20. The lowest BCUT2D eigenvalue weighted by Crippen LogP contribution is -1.98. The van der Waals surface area contributed by atoms with E-state index in [0.717, 1.165) is 55.0 Å². The Hall–Kier alpha value is -5.32. The van der Waals surface area contributed by atoms with Crippen LogP contribution in [0.4, 0.5) is 0 Å². The van der Waals surface area contributed by atoms with Gasteiger partial charge in [-0.15, -0.1) is 0 Å².